The first-order chi connectivity index (χ1) is 10.5. The van der Waals surface area contributed by atoms with Crippen LogP contribution in [0.15, 0.2) is 24.3 Å². The van der Waals surface area contributed by atoms with Gasteiger partial charge in [0.2, 0.25) is 0 Å². The molecule has 0 aliphatic heterocycles. The highest BCUT2D eigenvalue weighted by Gasteiger charge is 2.13. The van der Waals surface area contributed by atoms with Crippen LogP contribution < -0.4 is 0 Å². The third-order valence-corrected chi connectivity index (χ3v) is 3.23. The zero-order valence-corrected chi connectivity index (χ0v) is 13.8. The number of benzene rings is 1. The minimum Gasteiger partial charge on any atom is -0.389 e. The van der Waals surface area contributed by atoms with E-state index in [1.165, 1.54) is 12.1 Å². The van der Waals surface area contributed by atoms with Gasteiger partial charge in [-0.2, -0.15) is 0 Å². The van der Waals surface area contributed by atoms with Crippen LogP contribution in [0.4, 0.5) is 4.39 Å². The fraction of sp³-hybridized carbons (Fsp3) is 0.647. The van der Waals surface area contributed by atoms with E-state index >= 15 is 0 Å². The average molecular weight is 313 g/mol. The maximum Gasteiger partial charge on any atom is 0.123 e. The van der Waals surface area contributed by atoms with Crippen LogP contribution in [0.2, 0.25) is 0 Å². The second-order valence-corrected chi connectivity index (χ2v) is 5.74. The van der Waals surface area contributed by atoms with Gasteiger partial charge in [-0.05, 0) is 38.0 Å². The molecule has 22 heavy (non-hydrogen) atoms. The van der Waals surface area contributed by atoms with Crippen molar-refractivity contribution in [3.63, 3.8) is 0 Å². The minimum absolute atomic E-state index is 0.105. The molecule has 0 aliphatic carbocycles. The van der Waals surface area contributed by atoms with Gasteiger partial charge in [0.25, 0.3) is 0 Å². The summed E-state index contributed by atoms with van der Waals surface area (Å²) in [6.45, 7) is 6.89. The van der Waals surface area contributed by atoms with Crippen molar-refractivity contribution in [3.8, 4) is 0 Å². The molecule has 1 atom stereocenters. The summed E-state index contributed by atoms with van der Waals surface area (Å²) in [5.41, 5.74) is 1.02. The Hall–Kier alpha value is -1.01. The van der Waals surface area contributed by atoms with E-state index in [4.69, 9.17) is 9.47 Å². The minimum atomic E-state index is -0.537. The largest absolute Gasteiger partial charge is 0.389 e. The lowest BCUT2D eigenvalue weighted by Crippen LogP contribution is -2.36. The van der Waals surface area contributed by atoms with Gasteiger partial charge in [-0.25, -0.2) is 4.39 Å². The molecular formula is C17H28FNO3. The van der Waals surface area contributed by atoms with E-state index < -0.39 is 6.10 Å². The Bertz CT molecular complexity index is 397. The molecule has 0 bridgehead atoms. The van der Waals surface area contributed by atoms with Gasteiger partial charge in [0.1, 0.15) is 5.82 Å². The van der Waals surface area contributed by atoms with Crippen molar-refractivity contribution in [1.82, 2.24) is 4.90 Å². The van der Waals surface area contributed by atoms with Crippen LogP contribution in [0.1, 0.15) is 25.8 Å². The number of aliphatic hydroxyl groups is 1. The summed E-state index contributed by atoms with van der Waals surface area (Å²) < 4.78 is 23.5. The van der Waals surface area contributed by atoms with Crippen molar-refractivity contribution in [2.75, 3.05) is 33.4 Å². The molecule has 0 aliphatic rings. The van der Waals surface area contributed by atoms with Crippen molar-refractivity contribution in [1.29, 1.82) is 0 Å². The Morgan fingerprint density at radius 2 is 1.91 bits per heavy atom. The molecule has 1 N–H and O–H groups in total. The molecule has 0 radical (unpaired) electrons. The molecule has 126 valence electrons. The first-order valence-electron chi connectivity index (χ1n) is 7.76. The van der Waals surface area contributed by atoms with Crippen LogP contribution in [0.25, 0.3) is 0 Å². The smallest absolute Gasteiger partial charge is 0.123 e. The van der Waals surface area contributed by atoms with E-state index in [0.29, 0.717) is 26.3 Å². The van der Waals surface area contributed by atoms with Gasteiger partial charge in [-0.15, -0.1) is 0 Å². The van der Waals surface area contributed by atoms with Crippen molar-refractivity contribution in [3.05, 3.63) is 35.6 Å². The lowest BCUT2D eigenvalue weighted by molar-refractivity contribution is -0.0103. The van der Waals surface area contributed by atoms with Gasteiger partial charge in [0, 0.05) is 33.4 Å². The van der Waals surface area contributed by atoms with Gasteiger partial charge in [0.15, 0.2) is 0 Å². The highest BCUT2D eigenvalue weighted by Crippen LogP contribution is 2.08. The number of hydrogen-bond donors (Lipinski definition) is 1. The van der Waals surface area contributed by atoms with Gasteiger partial charge in [-0.3, -0.25) is 4.90 Å². The number of halogens is 1. The van der Waals surface area contributed by atoms with Gasteiger partial charge in [0.05, 0.1) is 18.8 Å². The standard InChI is InChI=1S/C17H28FNO3/c1-14(2)22-13-17(20)12-19(9-4-10-21-3)11-15-5-7-16(18)8-6-15/h5-8,14,17,20H,4,9-13H2,1-3H3/t17-/m1/s1. The molecular weight excluding hydrogens is 285 g/mol. The summed E-state index contributed by atoms with van der Waals surface area (Å²) in [5.74, 6) is -0.236. The van der Waals surface area contributed by atoms with Crippen LogP contribution in [-0.4, -0.2) is 55.6 Å². The molecule has 0 aromatic heterocycles. The number of rotatable bonds is 11. The van der Waals surface area contributed by atoms with Crippen LogP contribution in [-0.2, 0) is 16.0 Å². The Kier molecular flexibility index (Phi) is 9.24. The Labute approximate surface area is 132 Å². The normalized spacial score (nSPS) is 13.0. The first-order valence-corrected chi connectivity index (χ1v) is 7.76. The van der Waals surface area contributed by atoms with E-state index in [2.05, 4.69) is 4.90 Å². The van der Waals surface area contributed by atoms with E-state index in [0.717, 1.165) is 18.5 Å². The molecule has 0 fully saturated rings. The molecule has 0 heterocycles. The molecule has 0 spiro atoms. The summed E-state index contributed by atoms with van der Waals surface area (Å²) in [7, 11) is 1.68. The third-order valence-electron chi connectivity index (χ3n) is 3.23. The van der Waals surface area contributed by atoms with Crippen LogP contribution >= 0.6 is 0 Å². The van der Waals surface area contributed by atoms with Gasteiger partial charge in [-0.1, -0.05) is 12.1 Å². The van der Waals surface area contributed by atoms with E-state index in [9.17, 15) is 9.50 Å². The van der Waals surface area contributed by atoms with Crippen molar-refractivity contribution < 1.29 is 19.0 Å². The Morgan fingerprint density at radius 3 is 2.50 bits per heavy atom. The predicted molar refractivity (Wildman–Crippen MR) is 85.3 cm³/mol. The molecule has 1 aromatic rings. The molecule has 4 nitrogen and oxygen atoms in total. The molecule has 1 rings (SSSR count). The second kappa shape index (κ2) is 10.7. The zero-order chi connectivity index (χ0) is 16.4. The predicted octanol–water partition coefficient (Wildman–Crippen LogP) is 2.45. The van der Waals surface area contributed by atoms with Gasteiger partial charge < -0.3 is 14.6 Å². The molecule has 0 saturated carbocycles. The van der Waals surface area contributed by atoms with Crippen LogP contribution in [0, 0.1) is 5.82 Å². The zero-order valence-electron chi connectivity index (χ0n) is 13.8. The van der Waals surface area contributed by atoms with E-state index in [1.54, 1.807) is 19.2 Å². The van der Waals surface area contributed by atoms with E-state index in [-0.39, 0.29) is 11.9 Å². The van der Waals surface area contributed by atoms with Crippen LogP contribution in [0.3, 0.4) is 0 Å². The maximum absolute atomic E-state index is 13.0. The maximum atomic E-state index is 13.0. The summed E-state index contributed by atoms with van der Waals surface area (Å²) in [6.07, 6.45) is 0.453. The Balaban J connectivity index is 2.52. The SMILES string of the molecule is COCCCN(Cc1ccc(F)cc1)C[C@@H](O)COC(C)C. The summed E-state index contributed by atoms with van der Waals surface area (Å²) in [4.78, 5) is 2.14. The van der Waals surface area contributed by atoms with Crippen molar-refractivity contribution in [2.24, 2.45) is 0 Å². The highest BCUT2D eigenvalue weighted by molar-refractivity contribution is 5.15. The van der Waals surface area contributed by atoms with E-state index in [1.807, 2.05) is 13.8 Å². The van der Waals surface area contributed by atoms with Crippen molar-refractivity contribution >= 4 is 0 Å². The summed E-state index contributed by atoms with van der Waals surface area (Å²) in [6, 6.07) is 6.47. The Morgan fingerprint density at radius 1 is 1.23 bits per heavy atom. The number of ether oxygens (including phenoxy) is 2. The molecule has 0 saturated heterocycles. The average Bonchev–Trinajstić information content (AvgIpc) is 2.47. The number of methoxy groups -OCH3 is 1. The monoisotopic (exact) mass is 313 g/mol. The van der Waals surface area contributed by atoms with Crippen LogP contribution in [0.5, 0.6) is 0 Å². The lowest BCUT2D eigenvalue weighted by atomic mass is 10.2. The number of nitrogens with zero attached hydrogens (tertiary/aromatic N) is 1. The summed E-state index contributed by atoms with van der Waals surface area (Å²) in [5, 5.41) is 10.1. The lowest BCUT2D eigenvalue weighted by Gasteiger charge is -2.25. The summed E-state index contributed by atoms with van der Waals surface area (Å²) >= 11 is 0. The third kappa shape index (κ3) is 8.44. The topological polar surface area (TPSA) is 41.9 Å². The van der Waals surface area contributed by atoms with Gasteiger partial charge >= 0.3 is 0 Å². The fourth-order valence-electron chi connectivity index (χ4n) is 2.17. The molecule has 1 aromatic carbocycles. The molecule has 0 unspecified atom stereocenters. The van der Waals surface area contributed by atoms with Crippen molar-refractivity contribution in [2.45, 2.75) is 39.0 Å². The first kappa shape index (κ1) is 19.0. The number of aliphatic hydroxyl groups excluding tert-OH is 1. The fourth-order valence-corrected chi connectivity index (χ4v) is 2.17. The molecule has 0 amide bonds. The molecule has 5 heteroatoms. The quantitative estimate of drug-likeness (QED) is 0.637. The highest BCUT2D eigenvalue weighted by atomic mass is 19.1. The second-order valence-electron chi connectivity index (χ2n) is 5.74. The number of hydrogen-bond acceptors (Lipinski definition) is 4.